The van der Waals surface area contributed by atoms with Gasteiger partial charge >= 0.3 is 5.69 Å². The third-order valence-electron chi connectivity index (χ3n) is 7.35. The molecule has 0 spiro atoms. The van der Waals surface area contributed by atoms with E-state index in [0.717, 1.165) is 5.56 Å². The van der Waals surface area contributed by atoms with Crippen molar-refractivity contribution in [2.75, 3.05) is 10.6 Å². The Kier molecular flexibility index (Phi) is 7.14. The van der Waals surface area contributed by atoms with Crippen molar-refractivity contribution in [1.29, 1.82) is 0 Å². The van der Waals surface area contributed by atoms with Gasteiger partial charge < -0.3 is 15.7 Å². The van der Waals surface area contributed by atoms with Crippen molar-refractivity contribution in [2.45, 2.75) is 65.1 Å². The van der Waals surface area contributed by atoms with Crippen molar-refractivity contribution in [3.63, 3.8) is 0 Å². The monoisotopic (exact) mass is 547 g/mol. The SMILES string of the molecule is CC.Cc1ccc(Nc2c3c(=O)n(C4CC4)c(=O)n(-c4cccc(NC5CC5O)c4)c3c(C)c(=O)n2C)c(F)c1. The lowest BCUT2D eigenvalue weighted by molar-refractivity contribution is 0.274. The molecular weight excluding hydrogens is 513 g/mol. The molecule has 4 aromatic rings. The summed E-state index contributed by atoms with van der Waals surface area (Å²) in [5.41, 5.74) is 0.954. The molecule has 3 N–H and O–H groups in total. The minimum absolute atomic E-state index is 0.0617. The molecule has 9 nitrogen and oxygen atoms in total. The zero-order valence-corrected chi connectivity index (χ0v) is 23.3. The van der Waals surface area contributed by atoms with E-state index in [1.54, 1.807) is 44.2 Å². The van der Waals surface area contributed by atoms with Gasteiger partial charge in [0.15, 0.2) is 0 Å². The van der Waals surface area contributed by atoms with E-state index >= 15 is 0 Å². The lowest BCUT2D eigenvalue weighted by Crippen LogP contribution is -2.41. The standard InChI is InChI=1S/C28H28FN5O4.C2H6/c1-14-7-10-20(19(29)11-14)31-25-23-24(15(2)26(36)32(25)3)33(28(38)34(27(23)37)17-8-9-17)18-6-4-5-16(12-18)30-21-13-22(21)35;1-2/h4-7,10-12,17,21-22,30-31,35H,8-9,13H2,1-3H3;1-2H3. The van der Waals surface area contributed by atoms with Crippen LogP contribution in [0.4, 0.5) is 21.6 Å². The first-order valence-electron chi connectivity index (χ1n) is 13.6. The van der Waals surface area contributed by atoms with Crippen LogP contribution in [0, 0.1) is 19.7 Å². The number of hydrogen-bond donors (Lipinski definition) is 3. The summed E-state index contributed by atoms with van der Waals surface area (Å²) in [4.78, 5) is 41.2. The van der Waals surface area contributed by atoms with E-state index in [1.165, 1.54) is 26.8 Å². The van der Waals surface area contributed by atoms with E-state index < -0.39 is 28.7 Å². The van der Waals surface area contributed by atoms with Crippen LogP contribution in [0.2, 0.25) is 0 Å². The Bertz CT molecular complexity index is 1800. The minimum atomic E-state index is -0.530. The van der Waals surface area contributed by atoms with E-state index in [2.05, 4.69) is 10.6 Å². The van der Waals surface area contributed by atoms with Crippen molar-refractivity contribution in [1.82, 2.24) is 13.7 Å². The van der Waals surface area contributed by atoms with Gasteiger partial charge in [-0.2, -0.15) is 0 Å². The van der Waals surface area contributed by atoms with Gasteiger partial charge in [0.1, 0.15) is 17.0 Å². The van der Waals surface area contributed by atoms with Gasteiger partial charge in [0.2, 0.25) is 0 Å². The van der Waals surface area contributed by atoms with Gasteiger partial charge in [-0.3, -0.25) is 23.3 Å². The summed E-state index contributed by atoms with van der Waals surface area (Å²) in [5, 5.41) is 16.1. The fourth-order valence-electron chi connectivity index (χ4n) is 4.99. The molecule has 2 fully saturated rings. The highest BCUT2D eigenvalue weighted by atomic mass is 19.1. The maximum absolute atomic E-state index is 14.8. The largest absolute Gasteiger partial charge is 0.391 e. The molecule has 210 valence electrons. The quantitative estimate of drug-likeness (QED) is 0.333. The van der Waals surface area contributed by atoms with E-state index in [-0.39, 0.29) is 40.1 Å². The summed E-state index contributed by atoms with van der Waals surface area (Å²) >= 11 is 0. The summed E-state index contributed by atoms with van der Waals surface area (Å²) in [6.07, 6.45) is 1.61. The van der Waals surface area contributed by atoms with Gasteiger partial charge in [0.05, 0.1) is 29.0 Å². The number of nitrogens with one attached hydrogen (secondary N) is 2. The van der Waals surface area contributed by atoms with Gasteiger partial charge in [0.25, 0.3) is 11.1 Å². The summed E-state index contributed by atoms with van der Waals surface area (Å²) in [6.45, 7) is 7.35. The van der Waals surface area contributed by atoms with Crippen molar-refractivity contribution >= 4 is 28.1 Å². The number of anilines is 3. The van der Waals surface area contributed by atoms with Gasteiger partial charge in [-0.25, -0.2) is 9.18 Å². The number of nitrogens with zero attached hydrogens (tertiary/aromatic N) is 3. The zero-order valence-electron chi connectivity index (χ0n) is 23.3. The normalized spacial score (nSPS) is 17.8. The molecule has 0 bridgehead atoms. The maximum Gasteiger partial charge on any atom is 0.336 e. The van der Waals surface area contributed by atoms with Crippen LogP contribution in [-0.2, 0) is 7.05 Å². The fraction of sp³-hybridized carbons (Fsp3) is 0.367. The number of benzene rings is 2. The highest BCUT2D eigenvalue weighted by Crippen LogP contribution is 2.34. The lowest BCUT2D eigenvalue weighted by atomic mass is 10.1. The van der Waals surface area contributed by atoms with Crippen LogP contribution in [0.15, 0.2) is 56.8 Å². The molecule has 0 amide bonds. The Morgan fingerprint density at radius 2 is 1.70 bits per heavy atom. The van der Waals surface area contributed by atoms with Crippen LogP contribution in [0.5, 0.6) is 0 Å². The minimum Gasteiger partial charge on any atom is -0.391 e. The van der Waals surface area contributed by atoms with Crippen LogP contribution < -0.4 is 27.4 Å². The van der Waals surface area contributed by atoms with Crippen LogP contribution in [0.1, 0.15) is 50.3 Å². The third-order valence-corrected chi connectivity index (χ3v) is 7.35. The predicted octanol–water partition coefficient (Wildman–Crippen LogP) is 4.26. The summed E-state index contributed by atoms with van der Waals surface area (Å²) < 4.78 is 18.8. The third kappa shape index (κ3) is 4.72. The molecule has 2 saturated carbocycles. The van der Waals surface area contributed by atoms with E-state index in [4.69, 9.17) is 0 Å². The lowest BCUT2D eigenvalue weighted by Gasteiger charge is -2.21. The van der Waals surface area contributed by atoms with Gasteiger partial charge in [0, 0.05) is 24.3 Å². The Hall–Kier alpha value is -4.18. The number of halogens is 1. The van der Waals surface area contributed by atoms with E-state index in [9.17, 15) is 23.9 Å². The number of aliphatic hydroxyl groups is 1. The second-order valence-corrected chi connectivity index (χ2v) is 10.3. The molecule has 0 radical (unpaired) electrons. The molecule has 0 aliphatic heterocycles. The molecule has 2 aromatic heterocycles. The van der Waals surface area contributed by atoms with Crippen LogP contribution in [-0.4, -0.2) is 31.0 Å². The number of aryl methyl sites for hydroxylation is 2. The first-order valence-corrected chi connectivity index (χ1v) is 13.6. The molecule has 2 aliphatic rings. The first-order chi connectivity index (χ1) is 19.2. The molecular formula is C30H34FN5O4. The van der Waals surface area contributed by atoms with Crippen molar-refractivity contribution < 1.29 is 9.50 Å². The predicted molar refractivity (Wildman–Crippen MR) is 156 cm³/mol. The molecule has 2 unspecified atom stereocenters. The second kappa shape index (κ2) is 10.4. The van der Waals surface area contributed by atoms with E-state index in [0.29, 0.717) is 30.6 Å². The molecule has 2 atom stereocenters. The maximum atomic E-state index is 14.8. The van der Waals surface area contributed by atoms with Gasteiger partial charge in [-0.15, -0.1) is 0 Å². The first kappa shape index (κ1) is 27.4. The summed E-state index contributed by atoms with van der Waals surface area (Å²) in [5.74, 6) is -0.412. The average Bonchev–Trinajstić information content (AvgIpc) is 3.87. The zero-order chi connectivity index (χ0) is 28.9. The Labute approximate surface area is 230 Å². The highest BCUT2D eigenvalue weighted by molar-refractivity contribution is 5.93. The fourth-order valence-corrected chi connectivity index (χ4v) is 4.99. The summed E-state index contributed by atoms with van der Waals surface area (Å²) in [7, 11) is 1.52. The van der Waals surface area contributed by atoms with Crippen LogP contribution in [0.3, 0.4) is 0 Å². The topological polar surface area (TPSA) is 110 Å². The molecule has 6 rings (SSSR count). The van der Waals surface area contributed by atoms with E-state index in [1.807, 2.05) is 19.9 Å². The number of aliphatic hydroxyl groups excluding tert-OH is 1. The number of fused-ring (bicyclic) bond motifs is 1. The average molecular weight is 548 g/mol. The van der Waals surface area contributed by atoms with Gasteiger partial charge in [-0.05, 0) is 69.0 Å². The molecule has 2 aromatic carbocycles. The molecule has 40 heavy (non-hydrogen) atoms. The molecule has 10 heteroatoms. The van der Waals surface area contributed by atoms with Gasteiger partial charge in [-0.1, -0.05) is 26.0 Å². The van der Waals surface area contributed by atoms with Crippen molar-refractivity contribution in [3.8, 4) is 5.69 Å². The number of rotatable bonds is 6. The Morgan fingerprint density at radius 1 is 1.00 bits per heavy atom. The smallest absolute Gasteiger partial charge is 0.336 e. The van der Waals surface area contributed by atoms with Crippen molar-refractivity contribution in [3.05, 3.63) is 90.6 Å². The van der Waals surface area contributed by atoms with Crippen molar-refractivity contribution in [2.24, 2.45) is 7.05 Å². The summed E-state index contributed by atoms with van der Waals surface area (Å²) in [6, 6.07) is 11.4. The molecule has 2 heterocycles. The number of pyridine rings is 1. The highest BCUT2D eigenvalue weighted by Gasteiger charge is 2.35. The Morgan fingerprint density at radius 3 is 2.33 bits per heavy atom. The second-order valence-electron chi connectivity index (χ2n) is 10.3. The number of hydrogen-bond acceptors (Lipinski definition) is 6. The molecule has 0 saturated heterocycles. The van der Waals surface area contributed by atoms with Crippen LogP contribution in [0.25, 0.3) is 16.6 Å². The van der Waals surface area contributed by atoms with Crippen LogP contribution >= 0.6 is 0 Å². The Balaban J connectivity index is 0.00000158. The number of aromatic nitrogens is 3. The molecule has 2 aliphatic carbocycles.